The first-order valence-electron chi connectivity index (χ1n) is 8.23. The molecule has 122 valence electrons. The zero-order chi connectivity index (χ0) is 16.2. The fourth-order valence-electron chi connectivity index (χ4n) is 3.31. The van der Waals surface area contributed by atoms with Gasteiger partial charge >= 0.3 is 5.97 Å². The Hall–Kier alpha value is -2.23. The Balaban J connectivity index is 2.05. The maximum Gasteiger partial charge on any atom is 0.308 e. The fourth-order valence-corrected chi connectivity index (χ4v) is 3.31. The van der Waals surface area contributed by atoms with Crippen molar-refractivity contribution in [2.75, 3.05) is 12.4 Å². The van der Waals surface area contributed by atoms with Crippen LogP contribution in [0.3, 0.4) is 0 Å². The first-order valence-corrected chi connectivity index (χ1v) is 8.23. The SMILES string of the molecule is COc1cc(NC2CCCCC2)c2ccccc2c1OC(C)=O. The minimum absolute atomic E-state index is 0.346. The number of fused-ring (bicyclic) bond motifs is 1. The molecule has 4 heteroatoms. The van der Waals surface area contributed by atoms with E-state index in [0.29, 0.717) is 17.5 Å². The number of methoxy groups -OCH3 is 1. The Morgan fingerprint density at radius 2 is 1.83 bits per heavy atom. The third-order valence-electron chi connectivity index (χ3n) is 4.39. The quantitative estimate of drug-likeness (QED) is 0.666. The highest BCUT2D eigenvalue weighted by atomic mass is 16.6. The monoisotopic (exact) mass is 313 g/mol. The van der Waals surface area contributed by atoms with E-state index in [1.807, 2.05) is 30.3 Å². The summed E-state index contributed by atoms with van der Waals surface area (Å²) in [5.41, 5.74) is 1.04. The van der Waals surface area contributed by atoms with Crippen LogP contribution in [-0.4, -0.2) is 19.1 Å². The normalized spacial score (nSPS) is 15.4. The molecule has 1 N–H and O–H groups in total. The maximum absolute atomic E-state index is 11.4. The van der Waals surface area contributed by atoms with E-state index >= 15 is 0 Å². The first-order chi connectivity index (χ1) is 11.2. The summed E-state index contributed by atoms with van der Waals surface area (Å²) in [6.07, 6.45) is 6.27. The van der Waals surface area contributed by atoms with E-state index in [0.717, 1.165) is 16.5 Å². The molecular weight excluding hydrogens is 290 g/mol. The van der Waals surface area contributed by atoms with Gasteiger partial charge in [-0.05, 0) is 12.8 Å². The van der Waals surface area contributed by atoms with Crippen molar-refractivity contribution < 1.29 is 14.3 Å². The standard InChI is InChI=1S/C19H23NO3/c1-13(21)23-19-16-11-7-6-10-15(16)17(12-18(19)22-2)20-14-8-4-3-5-9-14/h6-7,10-12,14,20H,3-5,8-9H2,1-2H3. The molecule has 1 fully saturated rings. The molecule has 2 aromatic carbocycles. The molecule has 0 aromatic heterocycles. The highest BCUT2D eigenvalue weighted by Crippen LogP contribution is 2.41. The summed E-state index contributed by atoms with van der Waals surface area (Å²) in [5, 5.41) is 5.60. The number of esters is 1. The fraction of sp³-hybridized carbons (Fsp3) is 0.421. The van der Waals surface area contributed by atoms with E-state index in [9.17, 15) is 4.79 Å². The van der Waals surface area contributed by atoms with E-state index in [1.165, 1.54) is 39.0 Å². The van der Waals surface area contributed by atoms with Gasteiger partial charge in [0.05, 0.1) is 7.11 Å². The smallest absolute Gasteiger partial charge is 0.308 e. The number of nitrogens with one attached hydrogen (secondary N) is 1. The van der Waals surface area contributed by atoms with Gasteiger partial charge in [0.2, 0.25) is 0 Å². The van der Waals surface area contributed by atoms with Gasteiger partial charge in [0.25, 0.3) is 0 Å². The van der Waals surface area contributed by atoms with Gasteiger partial charge in [-0.2, -0.15) is 0 Å². The molecule has 23 heavy (non-hydrogen) atoms. The molecule has 0 aliphatic heterocycles. The van der Waals surface area contributed by atoms with Gasteiger partial charge in [-0.15, -0.1) is 0 Å². The lowest BCUT2D eigenvalue weighted by molar-refractivity contribution is -0.131. The molecule has 1 aliphatic carbocycles. The summed E-state index contributed by atoms with van der Waals surface area (Å²) in [5.74, 6) is 0.725. The van der Waals surface area contributed by atoms with E-state index in [2.05, 4.69) is 5.32 Å². The second-order valence-corrected chi connectivity index (χ2v) is 6.07. The Labute approximate surface area is 136 Å². The highest BCUT2D eigenvalue weighted by molar-refractivity contribution is 6.01. The zero-order valence-corrected chi connectivity index (χ0v) is 13.7. The molecule has 0 unspecified atom stereocenters. The number of hydrogen-bond acceptors (Lipinski definition) is 4. The van der Waals surface area contributed by atoms with Crippen LogP contribution < -0.4 is 14.8 Å². The second kappa shape index (κ2) is 6.90. The predicted molar refractivity (Wildman–Crippen MR) is 92.3 cm³/mol. The molecule has 1 aliphatic rings. The van der Waals surface area contributed by atoms with Crippen LogP contribution in [0.25, 0.3) is 10.8 Å². The average molecular weight is 313 g/mol. The van der Waals surface area contributed by atoms with Crippen molar-refractivity contribution in [3.8, 4) is 11.5 Å². The third-order valence-corrected chi connectivity index (χ3v) is 4.39. The molecule has 0 heterocycles. The number of carbonyl (C=O) groups excluding carboxylic acids is 1. The van der Waals surface area contributed by atoms with E-state index in [1.54, 1.807) is 7.11 Å². The number of rotatable bonds is 4. The number of carbonyl (C=O) groups is 1. The highest BCUT2D eigenvalue weighted by Gasteiger charge is 2.19. The minimum Gasteiger partial charge on any atom is -0.493 e. The summed E-state index contributed by atoms with van der Waals surface area (Å²) in [6, 6.07) is 10.4. The second-order valence-electron chi connectivity index (χ2n) is 6.07. The third kappa shape index (κ3) is 3.41. The lowest BCUT2D eigenvalue weighted by Crippen LogP contribution is -2.22. The zero-order valence-electron chi connectivity index (χ0n) is 13.7. The minimum atomic E-state index is -0.346. The Morgan fingerprint density at radius 3 is 2.48 bits per heavy atom. The summed E-state index contributed by atoms with van der Waals surface area (Å²) in [6.45, 7) is 1.41. The Bertz CT molecular complexity index is 705. The number of benzene rings is 2. The van der Waals surface area contributed by atoms with Gasteiger partial charge in [-0.3, -0.25) is 4.79 Å². The molecule has 0 spiro atoms. The van der Waals surface area contributed by atoms with Crippen molar-refractivity contribution in [2.45, 2.75) is 45.1 Å². The summed E-state index contributed by atoms with van der Waals surface area (Å²) in [4.78, 5) is 11.4. The molecule has 2 aromatic rings. The largest absolute Gasteiger partial charge is 0.493 e. The molecule has 0 bridgehead atoms. The van der Waals surface area contributed by atoms with Crippen LogP contribution in [0.15, 0.2) is 30.3 Å². The Morgan fingerprint density at radius 1 is 1.13 bits per heavy atom. The van der Waals surface area contributed by atoms with Gasteiger partial charge in [0, 0.05) is 35.5 Å². The lowest BCUT2D eigenvalue weighted by Gasteiger charge is -2.25. The van der Waals surface area contributed by atoms with Gasteiger partial charge in [0.15, 0.2) is 11.5 Å². The van der Waals surface area contributed by atoms with Crippen molar-refractivity contribution >= 4 is 22.4 Å². The lowest BCUT2D eigenvalue weighted by atomic mass is 9.95. The van der Waals surface area contributed by atoms with Crippen LogP contribution in [0.5, 0.6) is 11.5 Å². The molecular formula is C19H23NO3. The van der Waals surface area contributed by atoms with Crippen molar-refractivity contribution in [2.24, 2.45) is 0 Å². The van der Waals surface area contributed by atoms with Gasteiger partial charge in [-0.25, -0.2) is 0 Å². The van der Waals surface area contributed by atoms with Crippen LogP contribution >= 0.6 is 0 Å². The van der Waals surface area contributed by atoms with Gasteiger partial charge in [-0.1, -0.05) is 43.5 Å². The summed E-state index contributed by atoms with van der Waals surface area (Å²) < 4.78 is 10.9. The van der Waals surface area contributed by atoms with Crippen LogP contribution in [0.4, 0.5) is 5.69 Å². The van der Waals surface area contributed by atoms with Gasteiger partial charge in [0.1, 0.15) is 0 Å². The predicted octanol–water partition coefficient (Wildman–Crippen LogP) is 4.52. The van der Waals surface area contributed by atoms with E-state index in [-0.39, 0.29) is 5.97 Å². The Kier molecular flexibility index (Phi) is 4.70. The first kappa shape index (κ1) is 15.7. The van der Waals surface area contributed by atoms with Crippen LogP contribution in [-0.2, 0) is 4.79 Å². The average Bonchev–Trinajstić information content (AvgIpc) is 2.57. The molecule has 4 nitrogen and oxygen atoms in total. The number of hydrogen-bond donors (Lipinski definition) is 1. The van der Waals surface area contributed by atoms with Crippen LogP contribution in [0, 0.1) is 0 Å². The number of anilines is 1. The van der Waals surface area contributed by atoms with Crippen molar-refractivity contribution in [1.82, 2.24) is 0 Å². The molecule has 1 saturated carbocycles. The van der Waals surface area contributed by atoms with Crippen molar-refractivity contribution in [3.63, 3.8) is 0 Å². The van der Waals surface area contributed by atoms with E-state index < -0.39 is 0 Å². The van der Waals surface area contributed by atoms with E-state index in [4.69, 9.17) is 9.47 Å². The van der Waals surface area contributed by atoms with Gasteiger partial charge < -0.3 is 14.8 Å². The molecule has 0 radical (unpaired) electrons. The van der Waals surface area contributed by atoms with Crippen molar-refractivity contribution in [1.29, 1.82) is 0 Å². The van der Waals surface area contributed by atoms with Crippen molar-refractivity contribution in [3.05, 3.63) is 30.3 Å². The molecule has 0 amide bonds. The van der Waals surface area contributed by atoms with Crippen LogP contribution in [0.1, 0.15) is 39.0 Å². The summed E-state index contributed by atoms with van der Waals surface area (Å²) >= 11 is 0. The topological polar surface area (TPSA) is 47.6 Å². The molecule has 0 saturated heterocycles. The summed E-state index contributed by atoms with van der Waals surface area (Å²) in [7, 11) is 1.60. The molecule has 3 rings (SSSR count). The number of ether oxygens (including phenoxy) is 2. The maximum atomic E-state index is 11.4. The molecule has 0 atom stereocenters. The van der Waals surface area contributed by atoms with Crippen LogP contribution in [0.2, 0.25) is 0 Å².